The second kappa shape index (κ2) is 23.4. The quantitative estimate of drug-likeness (QED) is 0.0838. The Kier molecular flexibility index (Phi) is 19.3. The third kappa shape index (κ3) is 17.4. The van der Waals surface area contributed by atoms with Crippen LogP contribution in [0.1, 0.15) is 56.1 Å². The maximum Gasteiger partial charge on any atom is 0.328 e. The lowest BCUT2D eigenvalue weighted by Gasteiger charge is -2.27. The highest BCUT2D eigenvalue weighted by molar-refractivity contribution is 6.30. The molecule has 2 aromatic carbocycles. The van der Waals surface area contributed by atoms with E-state index in [1.807, 2.05) is 12.1 Å². The van der Waals surface area contributed by atoms with Gasteiger partial charge in [-0.25, -0.2) is 24.7 Å². The molecule has 2 aliphatic rings. The summed E-state index contributed by atoms with van der Waals surface area (Å²) in [5.41, 5.74) is 7.89. The summed E-state index contributed by atoms with van der Waals surface area (Å²) in [7, 11) is 0. The molecule has 50 heavy (non-hydrogen) atoms. The number of aryl methyl sites for hydroxylation is 2. The average Bonchev–Trinajstić information content (AvgIpc) is 3.24. The molecule has 0 spiro atoms. The number of halogens is 1. The van der Waals surface area contributed by atoms with E-state index in [0.717, 1.165) is 82.4 Å². The molecule has 14 heteroatoms. The van der Waals surface area contributed by atoms with Gasteiger partial charge in [0.05, 0.1) is 6.10 Å². The monoisotopic (exact) mass is 713 g/mol. The maximum atomic E-state index is 11.9. The molecule has 2 aliphatic heterocycles. The van der Waals surface area contributed by atoms with Gasteiger partial charge in [0, 0.05) is 53.3 Å². The molecule has 0 atom stereocenters. The minimum Gasteiger partial charge on any atom is -0.478 e. The topological polar surface area (TPSA) is 203 Å². The van der Waals surface area contributed by atoms with Crippen LogP contribution in [-0.4, -0.2) is 75.9 Å². The van der Waals surface area contributed by atoms with Crippen molar-refractivity contribution in [2.45, 2.75) is 63.9 Å². The number of carboxylic acids is 4. The molecule has 0 bridgehead atoms. The van der Waals surface area contributed by atoms with Crippen molar-refractivity contribution in [2.75, 3.05) is 24.5 Å². The number of nitrogens with zero attached hydrogens (tertiary/aromatic N) is 1. The zero-order valence-electron chi connectivity index (χ0n) is 27.6. The standard InChI is InChI=1S/C28H36ClN3O2.2C4H4O4/c29-24-15-14-23-13-12-22-9-6-7-10-26(22)32(27(23)21-24)20-8-4-2-1-3-5-11-28(33)31-34-25-16-18-30-19-17-25;2*5-3(6)1-2-4(7)8/h5-7,9-11,14-15,21,25,30H,1-4,8,12-13,16-20H2,(H,31,33);2*1-2H,(H,5,6)(H,7,8)/b11-5+;2*2-1-. The van der Waals surface area contributed by atoms with Gasteiger partial charge in [-0.1, -0.05) is 54.8 Å². The largest absolute Gasteiger partial charge is 0.478 e. The van der Waals surface area contributed by atoms with Gasteiger partial charge in [-0.15, -0.1) is 0 Å². The number of allylic oxidation sites excluding steroid dienone is 1. The Morgan fingerprint density at radius 3 is 1.92 bits per heavy atom. The highest BCUT2D eigenvalue weighted by atomic mass is 35.5. The van der Waals surface area contributed by atoms with Crippen molar-refractivity contribution < 1.29 is 49.2 Å². The summed E-state index contributed by atoms with van der Waals surface area (Å²) >= 11 is 6.36. The van der Waals surface area contributed by atoms with Gasteiger partial charge in [0.2, 0.25) is 0 Å². The number of benzene rings is 2. The summed E-state index contributed by atoms with van der Waals surface area (Å²) in [5, 5.41) is 35.3. The van der Waals surface area contributed by atoms with Crippen molar-refractivity contribution in [3.63, 3.8) is 0 Å². The molecule has 0 saturated carbocycles. The second-order valence-electron chi connectivity index (χ2n) is 11.2. The highest BCUT2D eigenvalue weighted by Crippen LogP contribution is 2.37. The number of carbonyl (C=O) groups is 5. The number of carboxylic acid groups (broad SMARTS) is 4. The van der Waals surface area contributed by atoms with E-state index in [4.69, 9.17) is 36.9 Å². The van der Waals surface area contributed by atoms with Crippen LogP contribution in [-0.2, 0) is 41.7 Å². The first-order valence-corrected chi connectivity index (χ1v) is 16.6. The first-order valence-electron chi connectivity index (χ1n) is 16.2. The van der Waals surface area contributed by atoms with E-state index in [1.54, 1.807) is 6.08 Å². The summed E-state index contributed by atoms with van der Waals surface area (Å²) in [6.45, 7) is 2.87. The minimum absolute atomic E-state index is 0.123. The number of hydroxylamine groups is 1. The molecule has 4 rings (SSSR count). The van der Waals surface area contributed by atoms with E-state index in [0.29, 0.717) is 24.3 Å². The molecular formula is C36H44ClN3O10. The van der Waals surface area contributed by atoms with Crippen molar-refractivity contribution in [3.8, 4) is 0 Å². The van der Waals surface area contributed by atoms with Crippen LogP contribution < -0.4 is 15.7 Å². The maximum absolute atomic E-state index is 11.9. The van der Waals surface area contributed by atoms with Crippen molar-refractivity contribution >= 4 is 52.8 Å². The van der Waals surface area contributed by atoms with Gasteiger partial charge in [-0.3, -0.25) is 9.63 Å². The Morgan fingerprint density at radius 1 is 0.760 bits per heavy atom. The highest BCUT2D eigenvalue weighted by Gasteiger charge is 2.20. The fourth-order valence-electron chi connectivity index (χ4n) is 5.08. The normalized spacial score (nSPS) is 14.1. The van der Waals surface area contributed by atoms with Crippen LogP contribution >= 0.6 is 11.6 Å². The Bertz CT molecular complexity index is 1450. The van der Waals surface area contributed by atoms with Crippen molar-refractivity contribution in [3.05, 3.63) is 95.1 Å². The molecule has 1 saturated heterocycles. The summed E-state index contributed by atoms with van der Waals surface area (Å²) in [6.07, 6.45) is 15.3. The number of aliphatic carboxylic acids is 4. The lowest BCUT2D eigenvalue weighted by Crippen LogP contribution is -2.37. The average molecular weight is 714 g/mol. The third-order valence-corrected chi connectivity index (χ3v) is 7.64. The van der Waals surface area contributed by atoms with E-state index in [9.17, 15) is 24.0 Å². The number of hydrogen-bond acceptors (Lipinski definition) is 8. The van der Waals surface area contributed by atoms with E-state index < -0.39 is 23.9 Å². The van der Waals surface area contributed by atoms with E-state index >= 15 is 0 Å². The number of nitrogens with one attached hydrogen (secondary N) is 2. The van der Waals surface area contributed by atoms with Crippen molar-refractivity contribution in [1.82, 2.24) is 10.8 Å². The van der Waals surface area contributed by atoms with Crippen LogP contribution in [0.2, 0.25) is 5.02 Å². The summed E-state index contributed by atoms with van der Waals surface area (Å²) in [4.78, 5) is 58.0. The molecule has 13 nitrogen and oxygen atoms in total. The predicted octanol–water partition coefficient (Wildman–Crippen LogP) is 5.31. The molecule has 1 fully saturated rings. The SMILES string of the molecule is O=C(/C=C/CCCCCCN1c2ccccc2CCc2ccc(Cl)cc21)NOC1CCNCC1.O=C(O)/C=C\C(=O)O.O=C(O)/C=C\C(=O)O. The van der Waals surface area contributed by atoms with Crippen molar-refractivity contribution in [1.29, 1.82) is 0 Å². The molecule has 2 aromatic rings. The number of hydrogen-bond donors (Lipinski definition) is 6. The van der Waals surface area contributed by atoms with Crippen molar-refractivity contribution in [2.24, 2.45) is 0 Å². The molecule has 270 valence electrons. The third-order valence-electron chi connectivity index (χ3n) is 7.41. The first-order chi connectivity index (χ1) is 24.0. The van der Waals surface area contributed by atoms with Gasteiger partial charge in [0.1, 0.15) is 0 Å². The molecule has 0 unspecified atom stereocenters. The number of unbranched alkanes of at least 4 members (excludes halogenated alkanes) is 4. The Morgan fingerprint density at radius 2 is 1.32 bits per heavy atom. The number of para-hydroxylation sites is 1. The summed E-state index contributed by atoms with van der Waals surface area (Å²) < 4.78 is 0. The lowest BCUT2D eigenvalue weighted by atomic mass is 10.0. The number of amides is 1. The zero-order chi connectivity index (χ0) is 36.7. The van der Waals surface area contributed by atoms with Crippen LogP contribution in [0, 0.1) is 0 Å². The predicted molar refractivity (Wildman–Crippen MR) is 188 cm³/mol. The van der Waals surface area contributed by atoms with Gasteiger partial charge in [-0.2, -0.15) is 0 Å². The number of fused-ring (bicyclic) bond motifs is 2. The van der Waals surface area contributed by atoms with E-state index in [-0.39, 0.29) is 12.0 Å². The molecule has 2 heterocycles. The molecule has 0 aromatic heterocycles. The first kappa shape index (κ1) is 41.2. The van der Waals surface area contributed by atoms with Gasteiger partial charge in [0.25, 0.3) is 5.91 Å². The molecule has 0 radical (unpaired) electrons. The van der Waals surface area contributed by atoms with Crippen LogP contribution in [0.4, 0.5) is 11.4 Å². The van der Waals surface area contributed by atoms with Gasteiger partial charge < -0.3 is 30.6 Å². The van der Waals surface area contributed by atoms with Crippen LogP contribution in [0.3, 0.4) is 0 Å². The Balaban J connectivity index is 0.000000450. The molecular weight excluding hydrogens is 670 g/mol. The van der Waals surface area contributed by atoms with Crippen LogP contribution in [0.15, 0.2) is 78.9 Å². The Hall–Kier alpha value is -4.98. The van der Waals surface area contributed by atoms with E-state index in [1.165, 1.54) is 22.5 Å². The fraction of sp³-hybridized carbons (Fsp3) is 0.361. The van der Waals surface area contributed by atoms with Crippen LogP contribution in [0.5, 0.6) is 0 Å². The molecule has 0 aliphatic carbocycles. The zero-order valence-corrected chi connectivity index (χ0v) is 28.4. The minimum atomic E-state index is -1.26. The second-order valence-corrected chi connectivity index (χ2v) is 11.6. The Labute approximate surface area is 295 Å². The number of rotatable bonds is 14. The molecule has 1 amide bonds. The summed E-state index contributed by atoms with van der Waals surface area (Å²) in [5.74, 6) is -5.20. The van der Waals surface area contributed by atoms with Crippen LogP contribution in [0.25, 0.3) is 0 Å². The van der Waals surface area contributed by atoms with Gasteiger partial charge in [-0.05, 0) is 87.4 Å². The summed E-state index contributed by atoms with van der Waals surface area (Å²) in [6, 6.07) is 15.0. The van der Waals surface area contributed by atoms with Gasteiger partial charge in [0.15, 0.2) is 0 Å². The lowest BCUT2D eigenvalue weighted by molar-refractivity contribution is -0.134. The molecule has 6 N–H and O–H groups in total. The fourth-order valence-corrected chi connectivity index (χ4v) is 5.24. The van der Waals surface area contributed by atoms with E-state index in [2.05, 4.69) is 52.1 Å². The number of piperidine rings is 1. The van der Waals surface area contributed by atoms with Gasteiger partial charge >= 0.3 is 23.9 Å². The number of carbonyl (C=O) groups excluding carboxylic acids is 1. The number of anilines is 2. The smallest absolute Gasteiger partial charge is 0.328 e.